The molecule has 1 N–H and O–H groups in total. The van der Waals surface area contributed by atoms with Crippen molar-refractivity contribution in [3.63, 3.8) is 0 Å². The number of benzene rings is 1. The van der Waals surface area contributed by atoms with E-state index in [2.05, 4.69) is 18.2 Å². The van der Waals surface area contributed by atoms with E-state index in [1.807, 2.05) is 6.07 Å². The topological polar surface area (TPSA) is 66.8 Å². The lowest BCUT2D eigenvalue weighted by Crippen LogP contribution is -2.53. The van der Waals surface area contributed by atoms with Crippen LogP contribution in [0.4, 0.5) is 0 Å². The van der Waals surface area contributed by atoms with Crippen molar-refractivity contribution in [3.8, 4) is 0 Å². The van der Waals surface area contributed by atoms with Gasteiger partial charge in [0.05, 0.1) is 13.2 Å². The summed E-state index contributed by atoms with van der Waals surface area (Å²) >= 11 is 0. The number of ether oxygens (including phenoxy) is 1. The molecular weight excluding hydrogens is 294 g/mol. The van der Waals surface area contributed by atoms with Gasteiger partial charge in [-0.1, -0.05) is 24.3 Å². The fourth-order valence-corrected chi connectivity index (χ4v) is 4.43. The zero-order valence-corrected chi connectivity index (χ0v) is 13.0. The molecule has 0 bridgehead atoms. The van der Waals surface area contributed by atoms with Crippen molar-refractivity contribution in [3.05, 3.63) is 35.4 Å². The van der Waals surface area contributed by atoms with Crippen LogP contribution in [0.15, 0.2) is 24.3 Å². The van der Waals surface area contributed by atoms with E-state index in [1.165, 1.54) is 16.0 Å². The molecule has 1 heterocycles. The minimum absolute atomic E-state index is 0.00240. The smallest absolute Gasteiger partial charge is 0.328 e. The summed E-state index contributed by atoms with van der Waals surface area (Å²) in [4.78, 5) is 25.9. The molecule has 1 aliphatic heterocycles. The van der Waals surface area contributed by atoms with Crippen molar-refractivity contribution < 1.29 is 19.4 Å². The maximum atomic E-state index is 13.0. The lowest BCUT2D eigenvalue weighted by molar-refractivity contribution is -0.159. The van der Waals surface area contributed by atoms with Gasteiger partial charge in [-0.3, -0.25) is 4.79 Å². The Morgan fingerprint density at radius 1 is 1.30 bits per heavy atom. The third-order valence-corrected chi connectivity index (χ3v) is 5.69. The van der Waals surface area contributed by atoms with Crippen molar-refractivity contribution >= 4 is 11.9 Å². The Hall–Kier alpha value is -1.88. The number of carboxylic acids is 1. The molecule has 2 fully saturated rings. The molecule has 122 valence electrons. The molecule has 1 amide bonds. The van der Waals surface area contributed by atoms with E-state index < -0.39 is 12.0 Å². The molecule has 1 saturated carbocycles. The molecule has 4 rings (SSSR count). The van der Waals surface area contributed by atoms with Gasteiger partial charge >= 0.3 is 5.97 Å². The zero-order chi connectivity index (χ0) is 16.0. The van der Waals surface area contributed by atoms with E-state index in [-0.39, 0.29) is 23.8 Å². The van der Waals surface area contributed by atoms with Crippen LogP contribution in [0.25, 0.3) is 0 Å². The molecule has 2 aliphatic carbocycles. The van der Waals surface area contributed by atoms with E-state index in [4.69, 9.17) is 4.74 Å². The van der Waals surface area contributed by atoms with Crippen LogP contribution in [0.2, 0.25) is 0 Å². The van der Waals surface area contributed by atoms with Crippen LogP contribution in [-0.4, -0.2) is 47.7 Å². The van der Waals surface area contributed by atoms with Gasteiger partial charge in [0.1, 0.15) is 0 Å². The van der Waals surface area contributed by atoms with E-state index in [0.29, 0.717) is 13.2 Å². The highest BCUT2D eigenvalue weighted by molar-refractivity contribution is 5.89. The summed E-state index contributed by atoms with van der Waals surface area (Å²) in [6, 6.07) is 7.56. The first-order chi connectivity index (χ1) is 11.1. The predicted octanol–water partition coefficient (Wildman–Crippen LogP) is 1.59. The average Bonchev–Trinajstić information content (AvgIpc) is 3.29. The molecule has 1 spiro atoms. The molecule has 3 aliphatic rings. The standard InChI is InChI=1S/C18H21NO4/c20-16(19-8-9-23-11-15(19)17(21)22)14-10-18(14)7-3-5-12-4-1-2-6-13(12)18/h1-2,4,6,14-15H,3,5,7-11H2,(H,21,22). The van der Waals surface area contributed by atoms with Crippen LogP contribution in [0.1, 0.15) is 30.4 Å². The van der Waals surface area contributed by atoms with Gasteiger partial charge in [0, 0.05) is 17.9 Å². The fraction of sp³-hybridized carbons (Fsp3) is 0.556. The molecule has 3 atom stereocenters. The highest BCUT2D eigenvalue weighted by Gasteiger charge is 2.61. The van der Waals surface area contributed by atoms with Crippen molar-refractivity contribution in [2.75, 3.05) is 19.8 Å². The molecule has 5 nitrogen and oxygen atoms in total. The highest BCUT2D eigenvalue weighted by Crippen LogP contribution is 2.60. The number of aliphatic carboxylic acids is 1. The molecule has 1 aromatic carbocycles. The summed E-state index contributed by atoms with van der Waals surface area (Å²) in [6.07, 6.45) is 4.06. The Labute approximate surface area is 135 Å². The van der Waals surface area contributed by atoms with Gasteiger partial charge in [-0.15, -0.1) is 0 Å². The second-order valence-corrected chi connectivity index (χ2v) is 6.88. The summed E-state index contributed by atoms with van der Waals surface area (Å²) in [5, 5.41) is 9.35. The molecule has 0 radical (unpaired) electrons. The first-order valence-corrected chi connectivity index (χ1v) is 8.33. The predicted molar refractivity (Wildman–Crippen MR) is 83.1 cm³/mol. The summed E-state index contributed by atoms with van der Waals surface area (Å²) in [6.45, 7) is 0.896. The van der Waals surface area contributed by atoms with Gasteiger partial charge < -0.3 is 14.7 Å². The van der Waals surface area contributed by atoms with E-state index in [1.54, 1.807) is 0 Å². The summed E-state index contributed by atoms with van der Waals surface area (Å²) in [5.41, 5.74) is 2.61. The van der Waals surface area contributed by atoms with Crippen LogP contribution < -0.4 is 0 Å². The zero-order valence-electron chi connectivity index (χ0n) is 13.0. The SMILES string of the molecule is O=C(O)C1COCCN1C(=O)C1CC12CCCc1ccccc12. The van der Waals surface area contributed by atoms with Crippen molar-refractivity contribution in [2.24, 2.45) is 5.92 Å². The molecule has 1 saturated heterocycles. The highest BCUT2D eigenvalue weighted by atomic mass is 16.5. The lowest BCUT2D eigenvalue weighted by atomic mass is 9.78. The van der Waals surface area contributed by atoms with Gasteiger partial charge in [0.2, 0.25) is 5.91 Å². The van der Waals surface area contributed by atoms with Crippen LogP contribution in [0.3, 0.4) is 0 Å². The third kappa shape index (κ3) is 2.26. The number of hydrogen-bond donors (Lipinski definition) is 1. The Morgan fingerprint density at radius 3 is 2.96 bits per heavy atom. The Kier molecular flexibility index (Phi) is 3.41. The monoisotopic (exact) mass is 315 g/mol. The van der Waals surface area contributed by atoms with Crippen molar-refractivity contribution in [2.45, 2.75) is 37.1 Å². The average molecular weight is 315 g/mol. The number of fused-ring (bicyclic) bond motifs is 2. The first kappa shape index (κ1) is 14.7. The van der Waals surface area contributed by atoms with E-state index >= 15 is 0 Å². The maximum Gasteiger partial charge on any atom is 0.328 e. The molecule has 3 unspecified atom stereocenters. The van der Waals surface area contributed by atoms with Crippen molar-refractivity contribution in [1.82, 2.24) is 4.90 Å². The van der Waals surface area contributed by atoms with Crippen LogP contribution in [-0.2, 0) is 26.2 Å². The van der Waals surface area contributed by atoms with E-state index in [0.717, 1.165) is 25.7 Å². The minimum atomic E-state index is -0.975. The number of hydrogen-bond acceptors (Lipinski definition) is 3. The summed E-state index contributed by atoms with van der Waals surface area (Å²) in [5.74, 6) is -1.04. The van der Waals surface area contributed by atoms with Gasteiger partial charge in [-0.2, -0.15) is 0 Å². The molecule has 1 aromatic rings. The number of rotatable bonds is 2. The second kappa shape index (κ2) is 5.34. The normalized spacial score (nSPS) is 32.4. The third-order valence-electron chi connectivity index (χ3n) is 5.69. The number of carboxylic acid groups (broad SMARTS) is 1. The van der Waals surface area contributed by atoms with Crippen LogP contribution in [0.5, 0.6) is 0 Å². The number of carbonyl (C=O) groups excluding carboxylic acids is 1. The number of aryl methyl sites for hydroxylation is 1. The molecule has 0 aromatic heterocycles. The maximum absolute atomic E-state index is 13.0. The van der Waals surface area contributed by atoms with Crippen molar-refractivity contribution in [1.29, 1.82) is 0 Å². The number of morpholine rings is 1. The van der Waals surface area contributed by atoms with E-state index in [9.17, 15) is 14.7 Å². The van der Waals surface area contributed by atoms with Crippen LogP contribution in [0, 0.1) is 5.92 Å². The molecular formula is C18H21NO4. The number of carbonyl (C=O) groups is 2. The Morgan fingerprint density at radius 2 is 2.13 bits per heavy atom. The van der Waals surface area contributed by atoms with Gasteiger partial charge in [0.25, 0.3) is 0 Å². The Balaban J connectivity index is 1.59. The van der Waals surface area contributed by atoms with Crippen LogP contribution >= 0.6 is 0 Å². The molecule has 23 heavy (non-hydrogen) atoms. The fourth-order valence-electron chi connectivity index (χ4n) is 4.43. The lowest BCUT2D eigenvalue weighted by Gasteiger charge is -2.34. The van der Waals surface area contributed by atoms with Gasteiger partial charge in [0.15, 0.2) is 6.04 Å². The number of nitrogens with zero attached hydrogens (tertiary/aromatic N) is 1. The largest absolute Gasteiger partial charge is 0.480 e. The summed E-state index contributed by atoms with van der Waals surface area (Å²) in [7, 11) is 0. The molecule has 5 heteroatoms. The first-order valence-electron chi connectivity index (χ1n) is 8.33. The second-order valence-electron chi connectivity index (χ2n) is 6.88. The van der Waals surface area contributed by atoms with Gasteiger partial charge in [-0.05, 0) is 36.8 Å². The minimum Gasteiger partial charge on any atom is -0.480 e. The quantitative estimate of drug-likeness (QED) is 0.900. The number of amides is 1. The summed E-state index contributed by atoms with van der Waals surface area (Å²) < 4.78 is 5.24. The Bertz CT molecular complexity index is 658. The van der Waals surface area contributed by atoms with Gasteiger partial charge in [-0.25, -0.2) is 4.79 Å².